The van der Waals surface area contributed by atoms with Gasteiger partial charge in [0.05, 0.1) is 10.7 Å². The van der Waals surface area contributed by atoms with E-state index in [2.05, 4.69) is 61.5 Å². The Balaban J connectivity index is 2.10. The maximum atomic E-state index is 4.78. The normalized spacial score (nSPS) is 16.1. The van der Waals surface area contributed by atoms with E-state index in [1.54, 1.807) is 11.8 Å². The van der Waals surface area contributed by atoms with E-state index in [0.717, 1.165) is 12.1 Å². The number of hydrogen-bond acceptors (Lipinski definition) is 2. The first-order valence-electron chi connectivity index (χ1n) is 6.48. The lowest BCUT2D eigenvalue weighted by Gasteiger charge is -2.17. The maximum Gasteiger partial charge on any atom is 0.0783 e. The van der Waals surface area contributed by atoms with Crippen LogP contribution in [0.1, 0.15) is 24.5 Å². The lowest BCUT2D eigenvalue weighted by atomic mass is 10.1. The summed E-state index contributed by atoms with van der Waals surface area (Å²) in [5, 5.41) is 1.18. The number of hydrogen-bond donors (Lipinski definition) is 0. The molecule has 0 aliphatic carbocycles. The molecule has 0 saturated carbocycles. The molecule has 0 atom stereocenters. The van der Waals surface area contributed by atoms with Gasteiger partial charge in [0.2, 0.25) is 0 Å². The van der Waals surface area contributed by atoms with Gasteiger partial charge < -0.3 is 0 Å². The number of nitrogens with zero attached hydrogens (tertiary/aromatic N) is 1. The van der Waals surface area contributed by atoms with Gasteiger partial charge in [0.1, 0.15) is 0 Å². The summed E-state index contributed by atoms with van der Waals surface area (Å²) in [6.07, 6.45) is 3.14. The van der Waals surface area contributed by atoms with E-state index in [4.69, 9.17) is 4.99 Å². The van der Waals surface area contributed by atoms with Crippen LogP contribution in [-0.2, 0) is 0 Å². The molecule has 1 heterocycles. The third-order valence-electron chi connectivity index (χ3n) is 3.04. The molecule has 1 aliphatic heterocycles. The van der Waals surface area contributed by atoms with E-state index in [9.17, 15) is 0 Å². The summed E-state index contributed by atoms with van der Waals surface area (Å²) < 4.78 is 0. The van der Waals surface area contributed by atoms with Crippen LogP contribution in [0.2, 0.25) is 0 Å². The third-order valence-corrected chi connectivity index (χ3v) is 4.23. The van der Waals surface area contributed by atoms with Crippen molar-refractivity contribution in [1.82, 2.24) is 0 Å². The van der Waals surface area contributed by atoms with E-state index in [0.29, 0.717) is 0 Å². The highest BCUT2D eigenvalue weighted by atomic mass is 32.2. The van der Waals surface area contributed by atoms with Gasteiger partial charge >= 0.3 is 0 Å². The number of benzene rings is 2. The van der Waals surface area contributed by atoms with Gasteiger partial charge in [-0.1, -0.05) is 67.2 Å². The van der Waals surface area contributed by atoms with Crippen molar-refractivity contribution in [2.75, 3.05) is 0 Å². The largest absolute Gasteiger partial charge is 0.246 e. The molecule has 0 radical (unpaired) electrons. The Labute approximate surface area is 118 Å². The monoisotopic (exact) mass is 265 g/mol. The number of fused-ring (bicyclic) bond motifs is 1. The summed E-state index contributed by atoms with van der Waals surface area (Å²) >= 11 is 1.78. The van der Waals surface area contributed by atoms with Gasteiger partial charge in [-0.2, -0.15) is 0 Å². The molecule has 2 heteroatoms. The zero-order chi connectivity index (χ0) is 13.1. The van der Waals surface area contributed by atoms with Crippen LogP contribution >= 0.6 is 11.8 Å². The predicted octanol–water partition coefficient (Wildman–Crippen LogP) is 5.10. The topological polar surface area (TPSA) is 12.4 Å². The second-order valence-corrected chi connectivity index (χ2v) is 5.51. The summed E-state index contributed by atoms with van der Waals surface area (Å²) in [6, 6.07) is 18.8. The van der Waals surface area contributed by atoms with Gasteiger partial charge in [0.15, 0.2) is 0 Å². The molecule has 0 bridgehead atoms. The molecule has 2 aromatic carbocycles. The average molecular weight is 265 g/mol. The van der Waals surface area contributed by atoms with Crippen LogP contribution < -0.4 is 0 Å². The fraction of sp³-hybridized carbons (Fsp3) is 0.118. The van der Waals surface area contributed by atoms with E-state index < -0.39 is 0 Å². The Morgan fingerprint density at radius 1 is 1.00 bits per heavy atom. The predicted molar refractivity (Wildman–Crippen MR) is 84.3 cm³/mol. The highest BCUT2D eigenvalue weighted by Crippen LogP contribution is 2.37. The Kier molecular flexibility index (Phi) is 3.51. The van der Waals surface area contributed by atoms with E-state index >= 15 is 0 Å². The lowest BCUT2D eigenvalue weighted by molar-refractivity contribution is 1.28. The van der Waals surface area contributed by atoms with Crippen molar-refractivity contribution < 1.29 is 0 Å². The quantitative estimate of drug-likeness (QED) is 0.736. The van der Waals surface area contributed by atoms with E-state index in [1.807, 2.05) is 6.07 Å². The van der Waals surface area contributed by atoms with Crippen LogP contribution in [0.3, 0.4) is 0 Å². The van der Waals surface area contributed by atoms with Crippen molar-refractivity contribution in [3.05, 3.63) is 65.7 Å². The van der Waals surface area contributed by atoms with Gasteiger partial charge in [-0.3, -0.25) is 0 Å². The van der Waals surface area contributed by atoms with Crippen LogP contribution in [-0.4, -0.2) is 5.04 Å². The summed E-state index contributed by atoms with van der Waals surface area (Å²) in [6.45, 7) is 2.15. The number of thioether (sulfide) groups is 1. The molecule has 0 unspecified atom stereocenters. The van der Waals surface area contributed by atoms with Gasteiger partial charge in [-0.15, -0.1) is 0 Å². The summed E-state index contributed by atoms with van der Waals surface area (Å²) in [4.78, 5) is 6.08. The first-order chi connectivity index (χ1) is 9.36. The molecule has 2 aromatic rings. The molecule has 94 valence electrons. The second-order valence-electron chi connectivity index (χ2n) is 4.40. The Morgan fingerprint density at radius 3 is 2.53 bits per heavy atom. The molecule has 0 spiro atoms. The standard InChI is InChI=1S/C17H15NS/c1-2-17-18-15(12-13-8-4-3-5-9-13)14-10-6-7-11-16(14)19-17/h3-12H,2H2,1H3/b15-12-. The van der Waals surface area contributed by atoms with E-state index in [1.165, 1.54) is 21.1 Å². The molecule has 19 heavy (non-hydrogen) atoms. The molecule has 0 amide bonds. The molecular formula is C17H15NS. The van der Waals surface area contributed by atoms with Crippen molar-refractivity contribution in [3.63, 3.8) is 0 Å². The summed E-state index contributed by atoms with van der Waals surface area (Å²) in [7, 11) is 0. The van der Waals surface area contributed by atoms with Crippen molar-refractivity contribution in [1.29, 1.82) is 0 Å². The minimum absolute atomic E-state index is 0.977. The van der Waals surface area contributed by atoms with Gasteiger partial charge in [-0.05, 0) is 24.1 Å². The van der Waals surface area contributed by atoms with Crippen molar-refractivity contribution in [3.8, 4) is 0 Å². The van der Waals surface area contributed by atoms with E-state index in [-0.39, 0.29) is 0 Å². The molecular weight excluding hydrogens is 250 g/mol. The zero-order valence-corrected chi connectivity index (χ0v) is 11.7. The minimum Gasteiger partial charge on any atom is -0.246 e. The van der Waals surface area contributed by atoms with Crippen molar-refractivity contribution in [2.24, 2.45) is 4.99 Å². The lowest BCUT2D eigenvalue weighted by Crippen LogP contribution is -1.99. The molecule has 0 saturated heterocycles. The Bertz CT molecular complexity index is 641. The van der Waals surface area contributed by atoms with Gasteiger partial charge in [0.25, 0.3) is 0 Å². The second kappa shape index (κ2) is 5.45. The summed E-state index contributed by atoms with van der Waals surface area (Å²) in [5.41, 5.74) is 3.49. The SMILES string of the molecule is CCC1=N/C(=C\c2ccccc2)c2ccccc2S1. The van der Waals surface area contributed by atoms with Gasteiger partial charge in [0, 0.05) is 10.5 Å². The smallest absolute Gasteiger partial charge is 0.0783 e. The fourth-order valence-electron chi connectivity index (χ4n) is 2.08. The number of rotatable bonds is 2. The zero-order valence-electron chi connectivity index (χ0n) is 10.8. The first-order valence-corrected chi connectivity index (χ1v) is 7.30. The van der Waals surface area contributed by atoms with Crippen LogP contribution in [0.25, 0.3) is 11.8 Å². The molecule has 0 N–H and O–H groups in total. The number of aliphatic imine (C=N–C) groups is 1. The molecule has 1 nitrogen and oxygen atoms in total. The maximum absolute atomic E-state index is 4.78. The highest BCUT2D eigenvalue weighted by Gasteiger charge is 2.15. The van der Waals surface area contributed by atoms with Crippen molar-refractivity contribution in [2.45, 2.75) is 18.2 Å². The Morgan fingerprint density at radius 2 is 1.74 bits per heavy atom. The van der Waals surface area contributed by atoms with Crippen LogP contribution in [0.15, 0.2) is 64.5 Å². The molecule has 1 aliphatic rings. The Hall–Kier alpha value is -1.80. The fourth-order valence-corrected chi connectivity index (χ4v) is 3.05. The molecule has 0 aromatic heterocycles. The molecule has 0 fully saturated rings. The third kappa shape index (κ3) is 2.64. The van der Waals surface area contributed by atoms with Crippen molar-refractivity contribution >= 4 is 28.6 Å². The minimum atomic E-state index is 0.977. The first kappa shape index (κ1) is 12.2. The highest BCUT2D eigenvalue weighted by molar-refractivity contribution is 8.14. The average Bonchev–Trinajstić information content (AvgIpc) is 2.48. The molecule has 3 rings (SSSR count). The van der Waals surface area contributed by atoms with Crippen LogP contribution in [0.4, 0.5) is 0 Å². The van der Waals surface area contributed by atoms with Crippen LogP contribution in [0.5, 0.6) is 0 Å². The van der Waals surface area contributed by atoms with Crippen LogP contribution in [0, 0.1) is 0 Å². The van der Waals surface area contributed by atoms with Gasteiger partial charge in [-0.25, -0.2) is 4.99 Å². The summed E-state index contributed by atoms with van der Waals surface area (Å²) in [5.74, 6) is 0.